The molecule has 0 fully saturated rings. The maximum absolute atomic E-state index is 10.7. The Kier molecular flexibility index (Phi) is 4.15. The lowest BCUT2D eigenvalue weighted by atomic mass is 10.2. The van der Waals surface area contributed by atoms with Crippen LogP contribution in [-0.2, 0) is 11.3 Å². The second kappa shape index (κ2) is 5.38. The maximum atomic E-state index is 10.7. The van der Waals surface area contributed by atoms with Gasteiger partial charge < -0.3 is 15.9 Å². The van der Waals surface area contributed by atoms with E-state index in [1.807, 2.05) is 0 Å². The van der Waals surface area contributed by atoms with E-state index >= 15 is 0 Å². The van der Waals surface area contributed by atoms with Crippen LogP contribution in [0.3, 0.4) is 0 Å². The fourth-order valence-corrected chi connectivity index (χ4v) is 1.15. The van der Waals surface area contributed by atoms with Crippen molar-refractivity contribution in [2.24, 2.45) is 0 Å². The standard InChI is InChI=1S/C9H14N4O3/c1-5(14)7(8(15)16)11-2-6-3-12-9(10)13-4-6/h3-5,7,11,14H,2H2,1H3,(H,15,16)(H2,10,12,13). The van der Waals surface area contributed by atoms with Gasteiger partial charge in [0.05, 0.1) is 6.10 Å². The molecule has 0 saturated carbocycles. The Morgan fingerprint density at radius 1 is 1.56 bits per heavy atom. The van der Waals surface area contributed by atoms with Crippen molar-refractivity contribution in [3.8, 4) is 0 Å². The van der Waals surface area contributed by atoms with Gasteiger partial charge in [-0.25, -0.2) is 9.97 Å². The number of aliphatic hydroxyl groups is 1. The average molecular weight is 226 g/mol. The number of anilines is 1. The quantitative estimate of drug-likeness (QED) is 0.507. The van der Waals surface area contributed by atoms with E-state index in [9.17, 15) is 9.90 Å². The molecule has 0 aliphatic heterocycles. The minimum absolute atomic E-state index is 0.161. The molecule has 1 aromatic heterocycles. The highest BCUT2D eigenvalue weighted by Gasteiger charge is 2.21. The van der Waals surface area contributed by atoms with Crippen LogP contribution in [0.25, 0.3) is 0 Å². The molecule has 7 nitrogen and oxygen atoms in total. The Balaban J connectivity index is 2.55. The van der Waals surface area contributed by atoms with Gasteiger partial charge in [-0.2, -0.15) is 0 Å². The zero-order chi connectivity index (χ0) is 12.1. The summed E-state index contributed by atoms with van der Waals surface area (Å²) in [5.74, 6) is -0.944. The summed E-state index contributed by atoms with van der Waals surface area (Å²) in [5, 5.41) is 20.7. The number of aliphatic carboxylic acids is 1. The molecule has 5 N–H and O–H groups in total. The molecule has 0 bridgehead atoms. The van der Waals surface area contributed by atoms with Crippen LogP contribution in [0.5, 0.6) is 0 Å². The highest BCUT2D eigenvalue weighted by Crippen LogP contribution is 1.99. The largest absolute Gasteiger partial charge is 0.480 e. The lowest BCUT2D eigenvalue weighted by Crippen LogP contribution is -2.44. The Morgan fingerprint density at radius 3 is 2.56 bits per heavy atom. The van der Waals surface area contributed by atoms with Gasteiger partial charge in [0, 0.05) is 24.5 Å². The van der Waals surface area contributed by atoms with E-state index in [4.69, 9.17) is 10.8 Å². The predicted molar refractivity (Wildman–Crippen MR) is 56.4 cm³/mol. The van der Waals surface area contributed by atoms with Crippen LogP contribution in [0.1, 0.15) is 12.5 Å². The van der Waals surface area contributed by atoms with Gasteiger partial charge in [-0.05, 0) is 6.92 Å². The number of aliphatic hydroxyl groups excluding tert-OH is 1. The molecule has 16 heavy (non-hydrogen) atoms. The van der Waals surface area contributed by atoms with E-state index in [1.54, 1.807) is 0 Å². The Bertz CT molecular complexity index is 352. The van der Waals surface area contributed by atoms with Crippen LogP contribution in [0.2, 0.25) is 0 Å². The molecule has 7 heteroatoms. The number of nitrogens with one attached hydrogen (secondary N) is 1. The molecule has 0 aromatic carbocycles. The van der Waals surface area contributed by atoms with Crippen molar-refractivity contribution in [2.75, 3.05) is 5.73 Å². The van der Waals surface area contributed by atoms with Crippen molar-refractivity contribution in [3.63, 3.8) is 0 Å². The van der Waals surface area contributed by atoms with Crippen molar-refractivity contribution in [1.82, 2.24) is 15.3 Å². The van der Waals surface area contributed by atoms with Crippen LogP contribution in [-0.4, -0.2) is 38.3 Å². The molecule has 2 atom stereocenters. The van der Waals surface area contributed by atoms with Gasteiger partial charge in [0.15, 0.2) is 0 Å². The average Bonchev–Trinajstić information content (AvgIpc) is 2.20. The summed E-state index contributed by atoms with van der Waals surface area (Å²) in [6.07, 6.45) is 2.01. The third-order valence-corrected chi connectivity index (χ3v) is 2.00. The first-order valence-electron chi connectivity index (χ1n) is 4.71. The summed E-state index contributed by atoms with van der Waals surface area (Å²) < 4.78 is 0. The van der Waals surface area contributed by atoms with Crippen molar-refractivity contribution >= 4 is 11.9 Å². The van der Waals surface area contributed by atoms with Gasteiger partial charge >= 0.3 is 5.97 Å². The first-order valence-corrected chi connectivity index (χ1v) is 4.71. The Labute approximate surface area is 92.3 Å². The van der Waals surface area contributed by atoms with Crippen molar-refractivity contribution in [2.45, 2.75) is 25.6 Å². The molecular formula is C9H14N4O3. The normalized spacial score (nSPS) is 14.4. The zero-order valence-corrected chi connectivity index (χ0v) is 8.79. The number of nitrogens with zero attached hydrogens (tertiary/aromatic N) is 2. The number of carbonyl (C=O) groups is 1. The smallest absolute Gasteiger partial charge is 0.323 e. The molecule has 1 rings (SSSR count). The molecule has 0 saturated heterocycles. The molecule has 88 valence electrons. The molecule has 2 unspecified atom stereocenters. The Hall–Kier alpha value is -1.73. The molecule has 0 aliphatic rings. The highest BCUT2D eigenvalue weighted by atomic mass is 16.4. The van der Waals surface area contributed by atoms with Gasteiger partial charge in [-0.1, -0.05) is 0 Å². The molecule has 0 amide bonds. The van der Waals surface area contributed by atoms with E-state index in [0.717, 1.165) is 0 Å². The second-order valence-electron chi connectivity index (χ2n) is 3.39. The van der Waals surface area contributed by atoms with Crippen molar-refractivity contribution in [3.05, 3.63) is 18.0 Å². The third-order valence-electron chi connectivity index (χ3n) is 2.00. The molecule has 0 aliphatic carbocycles. The van der Waals surface area contributed by atoms with E-state index < -0.39 is 18.1 Å². The van der Waals surface area contributed by atoms with Crippen LogP contribution >= 0.6 is 0 Å². The summed E-state index contributed by atoms with van der Waals surface area (Å²) in [4.78, 5) is 18.3. The third kappa shape index (κ3) is 3.44. The number of hydrogen-bond donors (Lipinski definition) is 4. The minimum Gasteiger partial charge on any atom is -0.480 e. The van der Waals surface area contributed by atoms with Crippen LogP contribution in [0.15, 0.2) is 12.4 Å². The number of rotatable bonds is 5. The lowest BCUT2D eigenvalue weighted by molar-refractivity contribution is -0.142. The molecular weight excluding hydrogens is 212 g/mol. The van der Waals surface area contributed by atoms with E-state index in [0.29, 0.717) is 5.56 Å². The van der Waals surface area contributed by atoms with E-state index in [1.165, 1.54) is 19.3 Å². The number of nitrogens with two attached hydrogens (primary N) is 1. The zero-order valence-electron chi connectivity index (χ0n) is 8.79. The summed E-state index contributed by atoms with van der Waals surface area (Å²) in [5.41, 5.74) is 6.00. The first-order chi connectivity index (χ1) is 7.50. The first kappa shape index (κ1) is 12.3. The summed E-state index contributed by atoms with van der Waals surface area (Å²) in [6, 6.07) is -1.02. The molecule has 0 radical (unpaired) electrons. The molecule has 1 heterocycles. The van der Waals surface area contributed by atoms with Crippen LogP contribution in [0.4, 0.5) is 5.95 Å². The summed E-state index contributed by atoms with van der Waals surface area (Å²) in [7, 11) is 0. The number of carboxylic acid groups (broad SMARTS) is 1. The predicted octanol–water partition coefficient (Wildman–Crippen LogP) is -1.02. The monoisotopic (exact) mass is 226 g/mol. The van der Waals surface area contributed by atoms with Gasteiger partial charge in [-0.15, -0.1) is 0 Å². The second-order valence-corrected chi connectivity index (χ2v) is 3.39. The number of hydrogen-bond acceptors (Lipinski definition) is 6. The minimum atomic E-state index is -1.11. The SMILES string of the molecule is CC(O)C(NCc1cnc(N)nc1)C(=O)O. The van der Waals surface area contributed by atoms with Gasteiger partial charge in [0.25, 0.3) is 0 Å². The highest BCUT2D eigenvalue weighted by molar-refractivity contribution is 5.74. The number of nitrogen functional groups attached to an aromatic ring is 1. The fourth-order valence-electron chi connectivity index (χ4n) is 1.15. The van der Waals surface area contributed by atoms with Crippen LogP contribution < -0.4 is 11.1 Å². The Morgan fingerprint density at radius 2 is 2.12 bits per heavy atom. The van der Waals surface area contributed by atoms with E-state index in [-0.39, 0.29) is 12.5 Å². The molecule has 1 aromatic rings. The van der Waals surface area contributed by atoms with Gasteiger partial charge in [0.1, 0.15) is 6.04 Å². The van der Waals surface area contributed by atoms with Crippen molar-refractivity contribution < 1.29 is 15.0 Å². The van der Waals surface area contributed by atoms with E-state index in [2.05, 4.69) is 15.3 Å². The topological polar surface area (TPSA) is 121 Å². The summed E-state index contributed by atoms with van der Waals surface area (Å²) >= 11 is 0. The maximum Gasteiger partial charge on any atom is 0.323 e. The molecule has 0 spiro atoms. The van der Waals surface area contributed by atoms with Gasteiger partial charge in [0.2, 0.25) is 5.95 Å². The van der Waals surface area contributed by atoms with Gasteiger partial charge in [-0.3, -0.25) is 10.1 Å². The lowest BCUT2D eigenvalue weighted by Gasteiger charge is -2.16. The van der Waals surface area contributed by atoms with Crippen molar-refractivity contribution in [1.29, 1.82) is 0 Å². The number of aromatic nitrogens is 2. The fraction of sp³-hybridized carbons (Fsp3) is 0.444. The number of carboxylic acids is 1. The summed E-state index contributed by atoms with van der Waals surface area (Å²) in [6.45, 7) is 1.66. The van der Waals surface area contributed by atoms with Crippen LogP contribution in [0, 0.1) is 0 Å².